The van der Waals surface area contributed by atoms with Gasteiger partial charge in [0.2, 0.25) is 0 Å². The molecule has 0 atom stereocenters. The summed E-state index contributed by atoms with van der Waals surface area (Å²) in [6, 6.07) is 6.55. The van der Waals surface area contributed by atoms with E-state index in [1.54, 1.807) is 12.1 Å². The van der Waals surface area contributed by atoms with Crippen molar-refractivity contribution in [2.45, 2.75) is 6.92 Å². The van der Waals surface area contributed by atoms with Crippen LogP contribution < -0.4 is 9.80 Å². The topological polar surface area (TPSA) is 34.0 Å². The van der Waals surface area contributed by atoms with Gasteiger partial charge in [0.1, 0.15) is 5.82 Å². The monoisotopic (exact) mass is 267 g/mol. The Morgan fingerprint density at radius 3 is 2.53 bits per heavy atom. The summed E-state index contributed by atoms with van der Waals surface area (Å²) < 4.78 is 17.8. The summed E-state index contributed by atoms with van der Waals surface area (Å²) in [7, 11) is 0. The molecule has 5 heteroatoms. The molecular formula is C14H20FN2O2+. The molecule has 19 heavy (non-hydrogen) atoms. The van der Waals surface area contributed by atoms with E-state index in [-0.39, 0.29) is 11.8 Å². The molecule has 1 aromatic carbocycles. The Morgan fingerprint density at radius 2 is 1.95 bits per heavy atom. The van der Waals surface area contributed by atoms with Crippen molar-refractivity contribution in [2.24, 2.45) is 0 Å². The van der Waals surface area contributed by atoms with E-state index in [9.17, 15) is 9.18 Å². The highest BCUT2D eigenvalue weighted by atomic mass is 19.1. The van der Waals surface area contributed by atoms with Crippen molar-refractivity contribution >= 4 is 11.7 Å². The number of ether oxygens (including phenoxy) is 1. The number of quaternary nitrogens is 1. The van der Waals surface area contributed by atoms with Gasteiger partial charge in [-0.1, -0.05) is 0 Å². The number of carbonyl (C=O) groups excluding carboxylic acids is 1. The first kappa shape index (κ1) is 13.8. The molecule has 0 saturated carbocycles. The number of anilines is 1. The van der Waals surface area contributed by atoms with Crippen molar-refractivity contribution in [1.82, 2.24) is 0 Å². The Balaban J connectivity index is 1.82. The second-order valence-corrected chi connectivity index (χ2v) is 4.70. The van der Waals surface area contributed by atoms with E-state index < -0.39 is 0 Å². The first-order chi connectivity index (χ1) is 9.19. The van der Waals surface area contributed by atoms with Gasteiger partial charge >= 0.3 is 5.97 Å². The maximum atomic E-state index is 12.9. The number of nitrogens with zero attached hydrogens (tertiary/aromatic N) is 1. The van der Waals surface area contributed by atoms with Crippen molar-refractivity contribution < 1.29 is 18.8 Å². The number of benzene rings is 1. The van der Waals surface area contributed by atoms with Gasteiger partial charge in [0.25, 0.3) is 0 Å². The number of piperazine rings is 1. The summed E-state index contributed by atoms with van der Waals surface area (Å²) >= 11 is 0. The van der Waals surface area contributed by atoms with Gasteiger partial charge in [-0.05, 0) is 31.2 Å². The van der Waals surface area contributed by atoms with Crippen LogP contribution in [0.25, 0.3) is 0 Å². The predicted molar refractivity (Wildman–Crippen MR) is 70.8 cm³/mol. The Morgan fingerprint density at radius 1 is 1.32 bits per heavy atom. The quantitative estimate of drug-likeness (QED) is 0.785. The largest absolute Gasteiger partial charge is 0.462 e. The normalized spacial score (nSPS) is 16.4. The van der Waals surface area contributed by atoms with Gasteiger partial charge < -0.3 is 14.5 Å². The minimum Gasteiger partial charge on any atom is -0.462 e. The standard InChI is InChI=1S/C14H19FN2O2/c1-2-19-14(18)11-16-7-9-17(10-8-16)13-5-3-12(15)4-6-13/h3-6H,2,7-11H2,1H3/p+1. The van der Waals surface area contributed by atoms with Gasteiger partial charge in [0.15, 0.2) is 6.54 Å². The number of carbonyl (C=O) groups is 1. The molecule has 1 fully saturated rings. The van der Waals surface area contributed by atoms with E-state index in [0.717, 1.165) is 31.9 Å². The summed E-state index contributed by atoms with van der Waals surface area (Å²) in [6.07, 6.45) is 0. The molecule has 104 valence electrons. The molecule has 0 bridgehead atoms. The van der Waals surface area contributed by atoms with Crippen LogP contribution in [0.3, 0.4) is 0 Å². The van der Waals surface area contributed by atoms with Crippen LogP contribution in [0.5, 0.6) is 0 Å². The van der Waals surface area contributed by atoms with Crippen molar-refractivity contribution in [1.29, 1.82) is 0 Å². The lowest BCUT2D eigenvalue weighted by Crippen LogP contribution is -3.15. The molecule has 0 radical (unpaired) electrons. The van der Waals surface area contributed by atoms with Crippen LogP contribution in [-0.2, 0) is 9.53 Å². The van der Waals surface area contributed by atoms with Gasteiger partial charge in [-0.3, -0.25) is 0 Å². The lowest BCUT2D eigenvalue weighted by atomic mass is 10.2. The van der Waals surface area contributed by atoms with Crippen molar-refractivity contribution in [3.8, 4) is 0 Å². The van der Waals surface area contributed by atoms with E-state index in [0.29, 0.717) is 13.2 Å². The zero-order chi connectivity index (χ0) is 13.7. The Labute approximate surface area is 112 Å². The van der Waals surface area contributed by atoms with Gasteiger partial charge in [0.05, 0.1) is 32.8 Å². The number of esters is 1. The zero-order valence-corrected chi connectivity index (χ0v) is 11.2. The summed E-state index contributed by atoms with van der Waals surface area (Å²) in [5.74, 6) is -0.344. The van der Waals surface area contributed by atoms with Crippen LogP contribution in [0.15, 0.2) is 24.3 Å². The maximum absolute atomic E-state index is 12.9. The van der Waals surface area contributed by atoms with Gasteiger partial charge in [-0.2, -0.15) is 0 Å². The first-order valence-corrected chi connectivity index (χ1v) is 6.68. The number of nitrogens with one attached hydrogen (secondary N) is 1. The second-order valence-electron chi connectivity index (χ2n) is 4.70. The molecule has 4 nitrogen and oxygen atoms in total. The average Bonchev–Trinajstić information content (AvgIpc) is 2.41. The lowest BCUT2D eigenvalue weighted by Gasteiger charge is -2.33. The lowest BCUT2D eigenvalue weighted by molar-refractivity contribution is -0.893. The van der Waals surface area contributed by atoms with E-state index in [1.807, 2.05) is 6.92 Å². The molecule has 1 aliphatic rings. The third kappa shape index (κ3) is 3.92. The number of halogens is 1. The molecule has 0 aliphatic carbocycles. The molecule has 0 spiro atoms. The Bertz CT molecular complexity index is 414. The predicted octanol–water partition coefficient (Wildman–Crippen LogP) is 0.0937. The van der Waals surface area contributed by atoms with E-state index in [4.69, 9.17) is 4.74 Å². The number of hydrogen-bond donors (Lipinski definition) is 1. The molecule has 0 amide bonds. The summed E-state index contributed by atoms with van der Waals surface area (Å²) in [4.78, 5) is 14.9. The van der Waals surface area contributed by atoms with Crippen LogP contribution >= 0.6 is 0 Å². The first-order valence-electron chi connectivity index (χ1n) is 6.68. The molecule has 1 aliphatic heterocycles. The minimum absolute atomic E-state index is 0.132. The van der Waals surface area contributed by atoms with Crippen LogP contribution in [0, 0.1) is 5.82 Å². The smallest absolute Gasteiger partial charge is 0.361 e. The SMILES string of the molecule is CCOC(=O)C[NH+]1CCN(c2ccc(F)cc2)CC1. The van der Waals surface area contributed by atoms with Gasteiger partial charge in [0, 0.05) is 5.69 Å². The van der Waals surface area contributed by atoms with Crippen LogP contribution in [0.1, 0.15) is 6.92 Å². The molecule has 1 aromatic rings. The maximum Gasteiger partial charge on any atom is 0.361 e. The Kier molecular flexibility index (Phi) is 4.74. The van der Waals surface area contributed by atoms with E-state index >= 15 is 0 Å². The van der Waals surface area contributed by atoms with Crippen molar-refractivity contribution in [2.75, 3.05) is 44.2 Å². The minimum atomic E-state index is -0.213. The second kappa shape index (κ2) is 6.52. The molecule has 0 aromatic heterocycles. The average molecular weight is 267 g/mol. The number of hydrogen-bond acceptors (Lipinski definition) is 3. The summed E-state index contributed by atoms with van der Waals surface area (Å²) in [6.45, 7) is 6.24. The molecular weight excluding hydrogens is 247 g/mol. The fourth-order valence-corrected chi connectivity index (χ4v) is 2.33. The third-order valence-electron chi connectivity index (χ3n) is 3.36. The van der Waals surface area contributed by atoms with Crippen LogP contribution in [0.4, 0.5) is 10.1 Å². The molecule has 1 N–H and O–H groups in total. The molecule has 0 unspecified atom stereocenters. The number of rotatable bonds is 4. The summed E-state index contributed by atoms with van der Waals surface area (Å²) in [5.41, 5.74) is 1.04. The van der Waals surface area contributed by atoms with Crippen LogP contribution in [0.2, 0.25) is 0 Å². The fourth-order valence-electron chi connectivity index (χ4n) is 2.33. The Hall–Kier alpha value is -1.62. The van der Waals surface area contributed by atoms with Crippen molar-refractivity contribution in [3.05, 3.63) is 30.1 Å². The highest BCUT2D eigenvalue weighted by Crippen LogP contribution is 2.14. The summed E-state index contributed by atoms with van der Waals surface area (Å²) in [5, 5.41) is 0. The van der Waals surface area contributed by atoms with Crippen molar-refractivity contribution in [3.63, 3.8) is 0 Å². The van der Waals surface area contributed by atoms with E-state index in [1.165, 1.54) is 17.0 Å². The highest BCUT2D eigenvalue weighted by Gasteiger charge is 2.22. The fraction of sp³-hybridized carbons (Fsp3) is 0.500. The molecule has 1 saturated heterocycles. The third-order valence-corrected chi connectivity index (χ3v) is 3.36. The molecule has 1 heterocycles. The van der Waals surface area contributed by atoms with Gasteiger partial charge in [-0.25, -0.2) is 9.18 Å². The van der Waals surface area contributed by atoms with E-state index in [2.05, 4.69) is 4.90 Å². The van der Waals surface area contributed by atoms with Gasteiger partial charge in [-0.15, -0.1) is 0 Å². The highest BCUT2D eigenvalue weighted by molar-refractivity contribution is 5.70. The molecule has 2 rings (SSSR count). The van der Waals surface area contributed by atoms with Crippen LogP contribution in [-0.4, -0.2) is 45.3 Å². The zero-order valence-electron chi connectivity index (χ0n) is 11.2.